The molecule has 0 saturated carbocycles. The first-order valence-electron chi connectivity index (χ1n) is 17.8. The van der Waals surface area contributed by atoms with Gasteiger partial charge in [-0.1, -0.05) is 184 Å². The first-order valence-corrected chi connectivity index (χ1v) is 23.8. The standard InChI is InChI=1S/C42H58Si2/c1-7-11-15-35-19-27-39(28-20-35)43(5,6)44(40-29-21-36(22-30-40)16-12-8-2,41-31-23-37(24-32-41)17-13-9-3)42-33-25-38(26-34-42)18-14-10-4/h19-34H,7-18H2,1-6H3. The minimum atomic E-state index is -2.46. The van der Waals surface area contributed by atoms with Crippen LogP contribution in [0.4, 0.5) is 0 Å². The van der Waals surface area contributed by atoms with Gasteiger partial charge in [-0.05, 0) is 73.6 Å². The molecule has 2 heteroatoms. The maximum Gasteiger partial charge on any atom is 0.144 e. The van der Waals surface area contributed by atoms with Crippen molar-refractivity contribution in [3.05, 3.63) is 119 Å². The van der Waals surface area contributed by atoms with Gasteiger partial charge in [0.25, 0.3) is 0 Å². The molecule has 0 aliphatic carbocycles. The van der Waals surface area contributed by atoms with Gasteiger partial charge in [0.15, 0.2) is 0 Å². The van der Waals surface area contributed by atoms with Gasteiger partial charge in [0, 0.05) is 0 Å². The van der Waals surface area contributed by atoms with Crippen molar-refractivity contribution in [3.63, 3.8) is 0 Å². The van der Waals surface area contributed by atoms with E-state index in [2.05, 4.69) is 138 Å². The summed E-state index contributed by atoms with van der Waals surface area (Å²) in [7, 11) is -4.58. The van der Waals surface area contributed by atoms with Crippen LogP contribution in [0.25, 0.3) is 0 Å². The summed E-state index contributed by atoms with van der Waals surface area (Å²) in [5, 5.41) is 6.32. The molecule has 0 aliphatic heterocycles. The van der Waals surface area contributed by atoms with Crippen LogP contribution < -0.4 is 20.7 Å². The predicted molar refractivity (Wildman–Crippen MR) is 202 cm³/mol. The van der Waals surface area contributed by atoms with Crippen LogP contribution in [0.3, 0.4) is 0 Å². The Bertz CT molecular complexity index is 1260. The Labute approximate surface area is 272 Å². The molecule has 0 atom stereocenters. The lowest BCUT2D eigenvalue weighted by molar-refractivity contribution is 0.795. The molecule has 0 unspecified atom stereocenters. The SMILES string of the molecule is CCCCc1ccc([Si](C)(C)[Si](c2ccc(CCCC)cc2)(c2ccc(CCCC)cc2)c2ccc(CCCC)cc2)cc1. The van der Waals surface area contributed by atoms with Gasteiger partial charge in [-0.15, -0.1) is 0 Å². The predicted octanol–water partition coefficient (Wildman–Crippen LogP) is 9.22. The third-order valence-electron chi connectivity index (χ3n) is 10.0. The van der Waals surface area contributed by atoms with Crippen LogP contribution in [0.2, 0.25) is 13.1 Å². The zero-order chi connectivity index (χ0) is 31.4. The molecule has 0 N–H and O–H groups in total. The summed E-state index contributed by atoms with van der Waals surface area (Å²) < 4.78 is 0. The van der Waals surface area contributed by atoms with E-state index in [-0.39, 0.29) is 0 Å². The monoisotopic (exact) mass is 618 g/mol. The normalized spacial score (nSPS) is 12.0. The van der Waals surface area contributed by atoms with Crippen LogP contribution in [0.5, 0.6) is 0 Å². The van der Waals surface area contributed by atoms with E-state index < -0.39 is 15.2 Å². The van der Waals surface area contributed by atoms with E-state index in [0.717, 1.165) is 0 Å². The highest BCUT2D eigenvalue weighted by atomic mass is 29.3. The molecule has 0 aliphatic rings. The van der Waals surface area contributed by atoms with Gasteiger partial charge in [0.1, 0.15) is 7.59 Å². The third kappa shape index (κ3) is 7.75. The van der Waals surface area contributed by atoms with Gasteiger partial charge in [0.2, 0.25) is 0 Å². The molecule has 0 amide bonds. The van der Waals surface area contributed by atoms with Crippen LogP contribution in [0, 0.1) is 0 Å². The molecule has 4 aromatic rings. The molecule has 0 fully saturated rings. The average Bonchev–Trinajstić information content (AvgIpc) is 3.06. The van der Waals surface area contributed by atoms with Crippen LogP contribution in [0.1, 0.15) is 101 Å². The number of aryl methyl sites for hydroxylation is 4. The van der Waals surface area contributed by atoms with Crippen molar-refractivity contribution in [3.8, 4) is 0 Å². The summed E-state index contributed by atoms with van der Waals surface area (Å²) >= 11 is 0. The lowest BCUT2D eigenvalue weighted by Gasteiger charge is -2.46. The Kier molecular flexibility index (Phi) is 12.9. The van der Waals surface area contributed by atoms with Gasteiger partial charge in [-0.2, -0.15) is 0 Å². The van der Waals surface area contributed by atoms with E-state index >= 15 is 0 Å². The van der Waals surface area contributed by atoms with Crippen LogP contribution >= 0.6 is 0 Å². The fourth-order valence-corrected chi connectivity index (χ4v) is 23.6. The highest BCUT2D eigenvalue weighted by Crippen LogP contribution is 2.23. The first-order chi connectivity index (χ1) is 21.4. The van der Waals surface area contributed by atoms with Gasteiger partial charge in [0.05, 0.1) is 7.59 Å². The van der Waals surface area contributed by atoms with Crippen molar-refractivity contribution in [2.45, 2.75) is 118 Å². The van der Waals surface area contributed by atoms with Crippen molar-refractivity contribution in [1.82, 2.24) is 0 Å². The van der Waals surface area contributed by atoms with Gasteiger partial charge in [-0.25, -0.2) is 0 Å². The van der Waals surface area contributed by atoms with Crippen LogP contribution in [-0.2, 0) is 25.7 Å². The molecule has 0 spiro atoms. The molecule has 4 aromatic carbocycles. The molecule has 0 heterocycles. The first kappa shape index (κ1) is 34.2. The molecule has 0 saturated heterocycles. The van der Waals surface area contributed by atoms with E-state index in [1.165, 1.54) is 99.3 Å². The van der Waals surface area contributed by atoms with Crippen molar-refractivity contribution in [2.24, 2.45) is 0 Å². The summed E-state index contributed by atoms with van der Waals surface area (Å²) in [6.45, 7) is 14.5. The number of hydrogen-bond acceptors (Lipinski definition) is 0. The van der Waals surface area contributed by atoms with Crippen molar-refractivity contribution < 1.29 is 0 Å². The Morgan fingerprint density at radius 2 is 0.568 bits per heavy atom. The Hall–Kier alpha value is -2.69. The van der Waals surface area contributed by atoms with E-state index in [1.807, 2.05) is 0 Å². The molecule has 0 radical (unpaired) electrons. The van der Waals surface area contributed by atoms with Crippen molar-refractivity contribution in [1.29, 1.82) is 0 Å². The van der Waals surface area contributed by atoms with Crippen LogP contribution in [-0.4, -0.2) is 15.2 Å². The average molecular weight is 619 g/mol. The molecule has 234 valence electrons. The van der Waals surface area contributed by atoms with E-state index in [0.29, 0.717) is 0 Å². The maximum atomic E-state index is 2.68. The highest BCUT2D eigenvalue weighted by Gasteiger charge is 2.53. The molecule has 0 bridgehead atoms. The fourth-order valence-electron chi connectivity index (χ4n) is 7.17. The zero-order valence-electron chi connectivity index (χ0n) is 28.7. The van der Waals surface area contributed by atoms with Crippen molar-refractivity contribution in [2.75, 3.05) is 0 Å². The minimum Gasteiger partial charge on any atom is -0.0665 e. The summed E-state index contributed by atoms with van der Waals surface area (Å²) in [5.74, 6) is 0. The topological polar surface area (TPSA) is 0 Å². The summed E-state index contributed by atoms with van der Waals surface area (Å²) in [4.78, 5) is 0. The summed E-state index contributed by atoms with van der Waals surface area (Å²) in [6, 6.07) is 39.9. The molecule has 44 heavy (non-hydrogen) atoms. The second kappa shape index (κ2) is 16.6. The lowest BCUT2D eigenvalue weighted by atomic mass is 10.1. The van der Waals surface area contributed by atoms with Gasteiger partial charge < -0.3 is 0 Å². The Morgan fingerprint density at radius 3 is 0.795 bits per heavy atom. The number of hydrogen-bond donors (Lipinski definition) is 0. The lowest BCUT2D eigenvalue weighted by Crippen LogP contribution is -2.84. The van der Waals surface area contributed by atoms with E-state index in [9.17, 15) is 0 Å². The fraction of sp³-hybridized carbons (Fsp3) is 0.429. The summed E-state index contributed by atoms with van der Waals surface area (Å²) in [6.07, 6.45) is 14.7. The molecule has 0 nitrogen and oxygen atoms in total. The number of rotatable bonds is 17. The Balaban J connectivity index is 1.96. The maximum absolute atomic E-state index is 2.68. The minimum absolute atomic E-state index is 1.17. The second-order valence-electron chi connectivity index (χ2n) is 13.6. The quantitative estimate of drug-likeness (QED) is 0.0817. The number of benzene rings is 4. The second-order valence-corrected chi connectivity index (χ2v) is 26.6. The largest absolute Gasteiger partial charge is 0.144 e. The molecule has 0 aromatic heterocycles. The van der Waals surface area contributed by atoms with Gasteiger partial charge in [-0.3, -0.25) is 0 Å². The smallest absolute Gasteiger partial charge is 0.0665 e. The molecule has 4 rings (SSSR count). The van der Waals surface area contributed by atoms with E-state index in [4.69, 9.17) is 0 Å². The third-order valence-corrected chi connectivity index (χ3v) is 26.4. The highest BCUT2D eigenvalue weighted by molar-refractivity contribution is 7.59. The van der Waals surface area contributed by atoms with E-state index in [1.54, 1.807) is 20.7 Å². The van der Waals surface area contributed by atoms with Crippen molar-refractivity contribution >= 4 is 35.9 Å². The zero-order valence-corrected chi connectivity index (χ0v) is 30.7. The molecular formula is C42H58Si2. The van der Waals surface area contributed by atoms with Gasteiger partial charge >= 0.3 is 0 Å². The number of unbranched alkanes of at least 4 members (excludes halogenated alkanes) is 4. The van der Waals surface area contributed by atoms with Crippen LogP contribution in [0.15, 0.2) is 97.1 Å². The summed E-state index contributed by atoms with van der Waals surface area (Å²) in [5.41, 5.74) is 5.91. The Morgan fingerprint density at radius 1 is 0.341 bits per heavy atom. The molecular weight excluding hydrogens is 561 g/mol.